The number of carbonyl (C=O) groups is 2. The number of amides is 2. The van der Waals surface area contributed by atoms with Crippen LogP contribution in [0, 0.1) is 0 Å². The third-order valence-corrected chi connectivity index (χ3v) is 6.22. The van der Waals surface area contributed by atoms with Gasteiger partial charge in [-0.15, -0.1) is 0 Å². The van der Waals surface area contributed by atoms with Crippen LogP contribution in [0.1, 0.15) is 17.0 Å². The number of hydrogen-bond donors (Lipinski definition) is 2. The van der Waals surface area contributed by atoms with Crippen LogP contribution in [0.3, 0.4) is 0 Å². The summed E-state index contributed by atoms with van der Waals surface area (Å²) in [5, 5.41) is 5.29. The van der Waals surface area contributed by atoms with Crippen molar-refractivity contribution in [1.82, 2.24) is 19.9 Å². The summed E-state index contributed by atoms with van der Waals surface area (Å²) in [5.41, 5.74) is 6.54. The van der Waals surface area contributed by atoms with E-state index in [1.807, 2.05) is 83.4 Å². The number of para-hydroxylation sites is 2. The largest absolute Gasteiger partial charge is 0.440 e. The van der Waals surface area contributed by atoms with Crippen molar-refractivity contribution in [1.29, 1.82) is 0 Å². The lowest BCUT2D eigenvalue weighted by Gasteiger charge is -2.08. The van der Waals surface area contributed by atoms with Gasteiger partial charge in [-0.05, 0) is 47.5 Å². The van der Waals surface area contributed by atoms with E-state index in [1.165, 1.54) is 0 Å². The number of hydrogen-bond acceptors (Lipinski definition) is 5. The number of nitrogens with zero attached hydrogens (tertiary/aromatic N) is 3. The van der Waals surface area contributed by atoms with E-state index < -0.39 is 11.8 Å². The minimum absolute atomic E-state index is 0.223. The standard InChI is InChI=1S/C30H23N5O3/c36-29(31-18-21-10-13-23(14-11-21)35-19-32-24-8-4-5-9-26(24)35)30(37)33-22-12-15-25-27(17-22)38-28(34-25)16-20-6-2-1-3-7-20/h1-15,17,19H,16,18H2,(H,31,36)(H,33,37). The Labute approximate surface area is 218 Å². The molecule has 0 fully saturated rings. The molecule has 0 bridgehead atoms. The van der Waals surface area contributed by atoms with Gasteiger partial charge in [0, 0.05) is 30.4 Å². The van der Waals surface area contributed by atoms with Gasteiger partial charge in [0.25, 0.3) is 0 Å². The van der Waals surface area contributed by atoms with E-state index in [0.717, 1.165) is 27.8 Å². The molecule has 2 aromatic heterocycles. The molecular formula is C30H23N5O3. The van der Waals surface area contributed by atoms with Crippen LogP contribution in [-0.4, -0.2) is 26.3 Å². The van der Waals surface area contributed by atoms with E-state index in [4.69, 9.17) is 4.42 Å². The fourth-order valence-corrected chi connectivity index (χ4v) is 4.29. The minimum Gasteiger partial charge on any atom is -0.440 e. The Kier molecular flexibility index (Phi) is 6.11. The fraction of sp³-hybridized carbons (Fsp3) is 0.0667. The molecule has 38 heavy (non-hydrogen) atoms. The average Bonchev–Trinajstić information content (AvgIpc) is 3.56. The molecule has 0 atom stereocenters. The predicted molar refractivity (Wildman–Crippen MR) is 145 cm³/mol. The molecule has 2 N–H and O–H groups in total. The van der Waals surface area contributed by atoms with Crippen LogP contribution in [0.5, 0.6) is 0 Å². The number of oxazole rings is 1. The highest BCUT2D eigenvalue weighted by molar-refractivity contribution is 6.39. The molecule has 6 rings (SSSR count). The summed E-state index contributed by atoms with van der Waals surface area (Å²) in [7, 11) is 0. The van der Waals surface area contributed by atoms with E-state index in [0.29, 0.717) is 29.1 Å². The van der Waals surface area contributed by atoms with Crippen molar-refractivity contribution in [3.8, 4) is 5.69 Å². The fourth-order valence-electron chi connectivity index (χ4n) is 4.29. The van der Waals surface area contributed by atoms with Crippen molar-refractivity contribution < 1.29 is 14.0 Å². The first-order chi connectivity index (χ1) is 18.6. The van der Waals surface area contributed by atoms with E-state index in [-0.39, 0.29) is 6.54 Å². The Hall–Kier alpha value is -5.24. The van der Waals surface area contributed by atoms with Gasteiger partial charge < -0.3 is 15.1 Å². The average molecular weight is 502 g/mol. The van der Waals surface area contributed by atoms with Gasteiger partial charge in [-0.3, -0.25) is 14.2 Å². The summed E-state index contributed by atoms with van der Waals surface area (Å²) in [6.45, 7) is 0.223. The van der Waals surface area contributed by atoms with Crippen molar-refractivity contribution in [2.45, 2.75) is 13.0 Å². The number of aromatic nitrogens is 3. The van der Waals surface area contributed by atoms with Crippen molar-refractivity contribution in [2.24, 2.45) is 0 Å². The first kappa shape index (κ1) is 23.2. The predicted octanol–water partition coefficient (Wildman–Crippen LogP) is 5.01. The maximum absolute atomic E-state index is 12.5. The number of carbonyl (C=O) groups excluding carboxylic acids is 2. The first-order valence-corrected chi connectivity index (χ1v) is 12.2. The number of anilines is 1. The first-order valence-electron chi connectivity index (χ1n) is 12.2. The van der Waals surface area contributed by atoms with Crippen LogP contribution >= 0.6 is 0 Å². The van der Waals surface area contributed by atoms with E-state index in [1.54, 1.807) is 24.5 Å². The molecule has 8 heteroatoms. The molecule has 0 radical (unpaired) electrons. The molecule has 186 valence electrons. The van der Waals surface area contributed by atoms with Crippen molar-refractivity contribution in [3.63, 3.8) is 0 Å². The van der Waals surface area contributed by atoms with Crippen LogP contribution in [0.2, 0.25) is 0 Å². The third kappa shape index (κ3) is 4.87. The quantitative estimate of drug-likeness (QED) is 0.312. The topological polar surface area (TPSA) is 102 Å². The van der Waals surface area contributed by atoms with Gasteiger partial charge in [-0.25, -0.2) is 9.97 Å². The highest BCUT2D eigenvalue weighted by Crippen LogP contribution is 2.22. The molecule has 0 aliphatic carbocycles. The molecule has 0 aliphatic heterocycles. The zero-order valence-corrected chi connectivity index (χ0v) is 20.3. The van der Waals surface area contributed by atoms with Crippen LogP contribution < -0.4 is 10.6 Å². The van der Waals surface area contributed by atoms with Gasteiger partial charge in [0.2, 0.25) is 0 Å². The highest BCUT2D eigenvalue weighted by atomic mass is 16.3. The lowest BCUT2D eigenvalue weighted by Crippen LogP contribution is -2.34. The number of rotatable bonds is 6. The number of fused-ring (bicyclic) bond motifs is 2. The normalized spacial score (nSPS) is 11.1. The van der Waals surface area contributed by atoms with Gasteiger partial charge in [-0.1, -0.05) is 54.6 Å². The summed E-state index contributed by atoms with van der Waals surface area (Å²) in [6.07, 6.45) is 2.35. The van der Waals surface area contributed by atoms with Gasteiger partial charge in [0.15, 0.2) is 11.5 Å². The number of benzene rings is 4. The van der Waals surface area contributed by atoms with E-state index in [9.17, 15) is 9.59 Å². The summed E-state index contributed by atoms with van der Waals surface area (Å²) in [5.74, 6) is -0.897. The molecule has 0 spiro atoms. The molecule has 8 nitrogen and oxygen atoms in total. The monoisotopic (exact) mass is 501 g/mol. The molecule has 0 aliphatic rings. The number of nitrogens with one attached hydrogen (secondary N) is 2. The Bertz CT molecular complexity index is 1750. The minimum atomic E-state index is -0.755. The molecule has 2 amide bonds. The molecule has 4 aromatic carbocycles. The Morgan fingerprint density at radius 1 is 0.789 bits per heavy atom. The van der Waals surface area contributed by atoms with E-state index >= 15 is 0 Å². The molecule has 2 heterocycles. The Morgan fingerprint density at radius 3 is 2.42 bits per heavy atom. The van der Waals surface area contributed by atoms with Crippen molar-refractivity contribution in [2.75, 3.05) is 5.32 Å². The zero-order chi connectivity index (χ0) is 25.9. The Balaban J connectivity index is 1.06. The smallest absolute Gasteiger partial charge is 0.313 e. The maximum atomic E-state index is 12.5. The van der Waals surface area contributed by atoms with E-state index in [2.05, 4.69) is 20.6 Å². The number of imidazole rings is 1. The van der Waals surface area contributed by atoms with Gasteiger partial charge in [-0.2, -0.15) is 0 Å². The molecule has 0 unspecified atom stereocenters. The van der Waals surface area contributed by atoms with Crippen LogP contribution in [0.15, 0.2) is 108 Å². The van der Waals surface area contributed by atoms with Gasteiger partial charge >= 0.3 is 11.8 Å². The molecule has 0 saturated heterocycles. The second-order valence-corrected chi connectivity index (χ2v) is 8.86. The molecular weight excluding hydrogens is 478 g/mol. The van der Waals surface area contributed by atoms with Crippen molar-refractivity contribution >= 4 is 39.6 Å². The second-order valence-electron chi connectivity index (χ2n) is 8.86. The summed E-state index contributed by atoms with van der Waals surface area (Å²) in [4.78, 5) is 33.8. The van der Waals surface area contributed by atoms with Crippen LogP contribution in [0.4, 0.5) is 5.69 Å². The SMILES string of the molecule is O=C(NCc1ccc(-n2cnc3ccccc32)cc1)C(=O)Nc1ccc2nc(Cc3ccccc3)oc2c1. The van der Waals surface area contributed by atoms with Crippen LogP contribution in [-0.2, 0) is 22.6 Å². The second kappa shape index (κ2) is 10.0. The highest BCUT2D eigenvalue weighted by Gasteiger charge is 2.15. The summed E-state index contributed by atoms with van der Waals surface area (Å²) < 4.78 is 7.85. The van der Waals surface area contributed by atoms with Crippen LogP contribution in [0.25, 0.3) is 27.8 Å². The van der Waals surface area contributed by atoms with Gasteiger partial charge in [0.05, 0.1) is 11.0 Å². The van der Waals surface area contributed by atoms with Crippen molar-refractivity contribution in [3.05, 3.63) is 120 Å². The third-order valence-electron chi connectivity index (χ3n) is 6.22. The maximum Gasteiger partial charge on any atom is 0.313 e. The lowest BCUT2D eigenvalue weighted by atomic mass is 10.1. The zero-order valence-electron chi connectivity index (χ0n) is 20.3. The lowest BCUT2D eigenvalue weighted by molar-refractivity contribution is -0.136. The summed E-state index contributed by atoms with van der Waals surface area (Å²) in [6, 6.07) is 30.7. The summed E-state index contributed by atoms with van der Waals surface area (Å²) >= 11 is 0. The van der Waals surface area contributed by atoms with Gasteiger partial charge in [0.1, 0.15) is 11.8 Å². The molecule has 0 saturated carbocycles. The molecule has 6 aromatic rings. The Morgan fingerprint density at radius 2 is 1.58 bits per heavy atom.